The molecule has 9 heteroatoms. The predicted molar refractivity (Wildman–Crippen MR) is 150 cm³/mol. The van der Waals surface area contributed by atoms with Crippen LogP contribution < -0.4 is 10.2 Å². The van der Waals surface area contributed by atoms with Gasteiger partial charge < -0.3 is 15.3 Å². The van der Waals surface area contributed by atoms with E-state index in [-0.39, 0.29) is 59.8 Å². The minimum atomic E-state index is -0.522. The first-order valence-corrected chi connectivity index (χ1v) is 12.3. The Bertz CT molecular complexity index is 1340. The third-order valence-electron chi connectivity index (χ3n) is 5.57. The Morgan fingerprint density at radius 1 is 0.846 bits per heavy atom. The number of aliphatic imine (C=N–C) groups is 2. The van der Waals surface area contributed by atoms with Crippen LogP contribution in [0.3, 0.4) is 0 Å². The summed E-state index contributed by atoms with van der Waals surface area (Å²) >= 11 is 0. The third kappa shape index (κ3) is 9.37. The van der Waals surface area contributed by atoms with E-state index < -0.39 is 4.92 Å². The fourth-order valence-corrected chi connectivity index (χ4v) is 3.44. The van der Waals surface area contributed by atoms with Crippen LogP contribution in [0.1, 0.15) is 70.7 Å². The molecule has 3 aromatic carbocycles. The number of para-hydroxylation sites is 1. The number of aliphatic hydroxyl groups is 1. The molecule has 0 heterocycles. The van der Waals surface area contributed by atoms with Crippen LogP contribution in [0, 0.1) is 10.1 Å². The summed E-state index contributed by atoms with van der Waals surface area (Å²) in [6.45, 7) is 14.2. The molecule has 0 amide bonds. The summed E-state index contributed by atoms with van der Waals surface area (Å²) < 4.78 is 0. The molecule has 0 bridgehead atoms. The first-order chi connectivity index (χ1) is 17.7. The molecule has 3 rings (SSSR count). The van der Waals surface area contributed by atoms with E-state index in [2.05, 4.69) is 30.8 Å². The zero-order valence-electron chi connectivity index (χ0n) is 23.7. The second-order valence-corrected chi connectivity index (χ2v) is 10.7. The number of aliphatic hydroxyl groups excluding tert-OH is 1. The van der Waals surface area contributed by atoms with Gasteiger partial charge >= 0.3 is 19.5 Å². The van der Waals surface area contributed by atoms with Gasteiger partial charge in [-0.1, -0.05) is 83.7 Å². The Kier molecular flexibility index (Phi) is 12.2. The number of rotatable bonds is 5. The summed E-state index contributed by atoms with van der Waals surface area (Å²) in [6, 6.07) is 14.3. The van der Waals surface area contributed by atoms with E-state index in [0.717, 1.165) is 5.56 Å². The van der Waals surface area contributed by atoms with Crippen LogP contribution in [-0.2, 0) is 30.3 Å². The van der Waals surface area contributed by atoms with Crippen molar-refractivity contribution in [1.82, 2.24) is 0 Å². The van der Waals surface area contributed by atoms with Crippen molar-refractivity contribution in [2.45, 2.75) is 59.3 Å². The molecule has 0 spiro atoms. The second kappa shape index (κ2) is 14.1. The summed E-state index contributed by atoms with van der Waals surface area (Å²) in [5.41, 5.74) is 2.37. The van der Waals surface area contributed by atoms with Gasteiger partial charge in [-0.25, -0.2) is 0 Å². The number of hydrogen-bond acceptors (Lipinski definition) is 7. The number of non-ortho nitro benzene ring substituents is 1. The molecule has 0 fully saturated rings. The van der Waals surface area contributed by atoms with Crippen molar-refractivity contribution in [2.75, 3.05) is 6.61 Å². The molecule has 0 radical (unpaired) electrons. The number of nitrogens with zero attached hydrogens (tertiary/aromatic N) is 3. The van der Waals surface area contributed by atoms with Crippen LogP contribution in [0.5, 0.6) is 11.5 Å². The summed E-state index contributed by atoms with van der Waals surface area (Å²) in [4.78, 5) is 19.6. The molecule has 3 aromatic rings. The van der Waals surface area contributed by atoms with Gasteiger partial charge in [0.2, 0.25) is 0 Å². The average Bonchev–Trinajstić information content (AvgIpc) is 2.82. The van der Waals surface area contributed by atoms with Crippen molar-refractivity contribution in [1.29, 1.82) is 0 Å². The quantitative estimate of drug-likeness (QED) is 0.175. The maximum absolute atomic E-state index is 13.2. The largest absolute Gasteiger partial charge is 2.00 e. The van der Waals surface area contributed by atoms with Crippen LogP contribution in [0.2, 0.25) is 0 Å². The van der Waals surface area contributed by atoms with Crippen molar-refractivity contribution in [3.8, 4) is 11.5 Å². The molecule has 202 valence electrons. The molecule has 0 aliphatic rings. The van der Waals surface area contributed by atoms with E-state index in [1.54, 1.807) is 25.1 Å². The van der Waals surface area contributed by atoms with Crippen molar-refractivity contribution >= 4 is 29.5 Å². The number of nitro benzene ring substituents is 1. The van der Waals surface area contributed by atoms with Gasteiger partial charge in [0, 0.05) is 31.2 Å². The average molecular weight is 583 g/mol. The Balaban J connectivity index is 0.00000181. The molecule has 1 N–H and O–H groups in total. The third-order valence-corrected chi connectivity index (χ3v) is 5.57. The smallest absolute Gasteiger partial charge is 0.872 e. The second-order valence-electron chi connectivity index (χ2n) is 10.7. The number of nitro groups is 1. The maximum Gasteiger partial charge on any atom is 2.00 e. The van der Waals surface area contributed by atoms with Gasteiger partial charge in [-0.05, 0) is 46.1 Å². The molecule has 8 nitrogen and oxygen atoms in total. The molecule has 0 unspecified atom stereocenters. The molecule has 0 aliphatic carbocycles. The summed E-state index contributed by atoms with van der Waals surface area (Å²) in [5.74, 6) is -0.321. The molecule has 0 aromatic heterocycles. The van der Waals surface area contributed by atoms with Crippen molar-refractivity contribution < 1.29 is 39.7 Å². The first kappa shape index (κ1) is 33.6. The Morgan fingerprint density at radius 3 is 1.95 bits per heavy atom. The summed E-state index contributed by atoms with van der Waals surface area (Å²) in [7, 11) is 0. The van der Waals surface area contributed by atoms with Gasteiger partial charge in [0.25, 0.3) is 5.69 Å². The Labute approximate surface area is 243 Å². The molecule has 0 atom stereocenters. The summed E-state index contributed by atoms with van der Waals surface area (Å²) in [5, 5.41) is 44.1. The zero-order chi connectivity index (χ0) is 28.7. The number of benzene rings is 3. The number of hydrogen-bond donors (Lipinski definition) is 1. The Hall–Kier alpha value is -3.42. The summed E-state index contributed by atoms with van der Waals surface area (Å²) in [6.07, 6.45) is 2.84. The van der Waals surface area contributed by atoms with Crippen LogP contribution in [0.4, 0.5) is 17.1 Å². The van der Waals surface area contributed by atoms with Crippen LogP contribution in [-0.4, -0.2) is 29.1 Å². The standard InChI is InChI=1S/C28H31N3O4.C2H6O.Zn/c1-27(2,3)20-13-19(26(33)22(14-20)28(4,5)6)17-29-23-12-11-21(31(34)35)15-24(23)30-16-18-9-7-8-10-25(18)32;1-2-3;/h7-17,32-33H,1-6H3;3H,2H2,1H3;/q;;+2/p-2. The minimum absolute atomic E-state index is 0. The van der Waals surface area contributed by atoms with Gasteiger partial charge in [-0.2, -0.15) is 0 Å². The van der Waals surface area contributed by atoms with E-state index >= 15 is 0 Å². The maximum atomic E-state index is 13.2. The van der Waals surface area contributed by atoms with Crippen molar-refractivity contribution in [2.24, 2.45) is 9.98 Å². The van der Waals surface area contributed by atoms with Gasteiger partial charge in [0.05, 0.1) is 16.3 Å². The molecule has 0 aliphatic heterocycles. The molecule has 0 saturated carbocycles. The van der Waals surface area contributed by atoms with Gasteiger partial charge in [-0.3, -0.25) is 20.1 Å². The van der Waals surface area contributed by atoms with E-state index in [1.165, 1.54) is 36.7 Å². The van der Waals surface area contributed by atoms with Crippen molar-refractivity contribution in [3.63, 3.8) is 0 Å². The van der Waals surface area contributed by atoms with Gasteiger partial charge in [-0.15, -0.1) is 5.75 Å². The van der Waals surface area contributed by atoms with E-state index in [4.69, 9.17) is 5.11 Å². The van der Waals surface area contributed by atoms with E-state index in [0.29, 0.717) is 22.4 Å². The molecular formula is C30H35N3O5Zn. The van der Waals surface area contributed by atoms with Crippen LogP contribution >= 0.6 is 0 Å². The van der Waals surface area contributed by atoms with E-state index in [1.807, 2.05) is 32.9 Å². The predicted octanol–water partition coefficient (Wildman–Crippen LogP) is 5.83. The SMILES string of the molecule is CC(C)(C)c1cc(C=Nc2ccc([N+](=O)[O-])cc2N=Cc2ccccc2[O-])c([O-])c(C(C)(C)C)c1.CCO.[Zn+2]. The zero-order valence-corrected chi connectivity index (χ0v) is 26.7. The fourth-order valence-electron chi connectivity index (χ4n) is 3.44. The van der Waals surface area contributed by atoms with Crippen LogP contribution in [0.25, 0.3) is 0 Å². The van der Waals surface area contributed by atoms with Crippen molar-refractivity contribution in [3.05, 3.63) is 87.0 Å². The fraction of sp³-hybridized carbons (Fsp3) is 0.333. The minimum Gasteiger partial charge on any atom is -0.872 e. The Morgan fingerprint density at radius 2 is 1.41 bits per heavy atom. The molecule has 0 saturated heterocycles. The van der Waals surface area contributed by atoms with Gasteiger partial charge in [0.1, 0.15) is 0 Å². The normalized spacial score (nSPS) is 11.7. The molecule has 39 heavy (non-hydrogen) atoms. The topological polar surface area (TPSA) is 134 Å². The van der Waals surface area contributed by atoms with Gasteiger partial charge in [0.15, 0.2) is 0 Å². The first-order valence-electron chi connectivity index (χ1n) is 12.3. The van der Waals surface area contributed by atoms with E-state index in [9.17, 15) is 20.3 Å². The monoisotopic (exact) mass is 581 g/mol. The van der Waals surface area contributed by atoms with Crippen LogP contribution in [0.15, 0.2) is 64.6 Å². The molecular weight excluding hydrogens is 548 g/mol.